The maximum absolute atomic E-state index is 14.0. The fourth-order valence-corrected chi connectivity index (χ4v) is 2.69. The Hall–Kier alpha value is -1.92. The summed E-state index contributed by atoms with van der Waals surface area (Å²) in [5.74, 6) is 0.287. The molecule has 0 unspecified atom stereocenters. The predicted octanol–water partition coefficient (Wildman–Crippen LogP) is 2.95. The zero-order chi connectivity index (χ0) is 17.3. The van der Waals surface area contributed by atoms with E-state index in [1.807, 2.05) is 19.0 Å². The Bertz CT molecular complexity index is 775. The summed E-state index contributed by atoms with van der Waals surface area (Å²) in [7, 11) is 5.26. The molecule has 5 nitrogen and oxygen atoms in total. The molecule has 1 saturated carbocycles. The zero-order valence-corrected chi connectivity index (χ0v) is 15.5. The van der Waals surface area contributed by atoms with Crippen molar-refractivity contribution in [2.45, 2.75) is 25.9 Å². The van der Waals surface area contributed by atoms with E-state index in [0.717, 1.165) is 12.8 Å². The minimum Gasteiger partial charge on any atom is -0.494 e. The van der Waals surface area contributed by atoms with Gasteiger partial charge in [-0.05, 0) is 57.1 Å². The maximum Gasteiger partial charge on any atom is 0.271 e. The van der Waals surface area contributed by atoms with Crippen LogP contribution in [0.5, 0.6) is 5.75 Å². The fourth-order valence-electron chi connectivity index (χ4n) is 2.69. The fraction of sp³-hybridized carbons (Fsp3) is 0.444. The highest BCUT2D eigenvalue weighted by molar-refractivity contribution is 5.85. The molecular weight excluding hydrogens is 345 g/mol. The van der Waals surface area contributed by atoms with E-state index in [-0.39, 0.29) is 23.7 Å². The lowest BCUT2D eigenvalue weighted by atomic mass is 10.1. The van der Waals surface area contributed by atoms with Gasteiger partial charge in [0, 0.05) is 24.2 Å². The summed E-state index contributed by atoms with van der Waals surface area (Å²) >= 11 is 0. The molecule has 0 amide bonds. The number of nitrogens with zero attached hydrogens (tertiary/aromatic N) is 3. The smallest absolute Gasteiger partial charge is 0.271 e. The van der Waals surface area contributed by atoms with Crippen molar-refractivity contribution in [1.29, 1.82) is 0 Å². The van der Waals surface area contributed by atoms with Crippen molar-refractivity contribution < 1.29 is 9.13 Å². The van der Waals surface area contributed by atoms with Gasteiger partial charge in [0.25, 0.3) is 5.56 Å². The van der Waals surface area contributed by atoms with Crippen LogP contribution < -0.4 is 10.3 Å². The van der Waals surface area contributed by atoms with Gasteiger partial charge < -0.3 is 9.64 Å². The molecule has 3 rings (SSSR count). The third-order valence-electron chi connectivity index (χ3n) is 4.11. The number of hydrogen-bond donors (Lipinski definition) is 0. The summed E-state index contributed by atoms with van der Waals surface area (Å²) in [5.41, 5.74) is 1.85. The Morgan fingerprint density at radius 1 is 1.32 bits per heavy atom. The highest BCUT2D eigenvalue weighted by Crippen LogP contribution is 2.30. The molecule has 0 aliphatic heterocycles. The maximum atomic E-state index is 14.0. The van der Waals surface area contributed by atoms with Gasteiger partial charge in [-0.25, -0.2) is 9.07 Å². The Morgan fingerprint density at radius 2 is 2.04 bits per heavy atom. The molecule has 1 aliphatic rings. The molecule has 136 valence electrons. The second kappa shape index (κ2) is 7.97. The first-order chi connectivity index (χ1) is 11.5. The Kier molecular flexibility index (Phi) is 6.19. The highest BCUT2D eigenvalue weighted by Gasteiger charge is 2.24. The topological polar surface area (TPSA) is 47.4 Å². The van der Waals surface area contributed by atoms with Gasteiger partial charge in [-0.1, -0.05) is 0 Å². The Balaban J connectivity index is 0.00000225. The second-order valence-electron chi connectivity index (χ2n) is 6.57. The molecule has 1 aliphatic carbocycles. The summed E-state index contributed by atoms with van der Waals surface area (Å²) in [6.07, 6.45) is 2.27. The van der Waals surface area contributed by atoms with Crippen LogP contribution in [0.3, 0.4) is 0 Å². The van der Waals surface area contributed by atoms with E-state index >= 15 is 0 Å². The van der Waals surface area contributed by atoms with E-state index < -0.39 is 5.82 Å². The Morgan fingerprint density at radius 3 is 2.60 bits per heavy atom. The average Bonchev–Trinajstić information content (AvgIpc) is 3.34. The third kappa shape index (κ3) is 4.58. The van der Waals surface area contributed by atoms with Crippen molar-refractivity contribution in [3.63, 3.8) is 0 Å². The van der Waals surface area contributed by atoms with Crippen LogP contribution in [0.2, 0.25) is 0 Å². The first-order valence-corrected chi connectivity index (χ1v) is 8.07. The van der Waals surface area contributed by atoms with Crippen LogP contribution in [0.15, 0.2) is 29.1 Å². The van der Waals surface area contributed by atoms with Crippen LogP contribution in [0.25, 0.3) is 11.3 Å². The molecule has 7 heteroatoms. The largest absolute Gasteiger partial charge is 0.494 e. The molecule has 0 radical (unpaired) electrons. The van der Waals surface area contributed by atoms with Crippen LogP contribution in [0.1, 0.15) is 18.4 Å². The van der Waals surface area contributed by atoms with Gasteiger partial charge in [0.2, 0.25) is 0 Å². The van der Waals surface area contributed by atoms with Crippen molar-refractivity contribution in [3.05, 3.63) is 46.0 Å². The van der Waals surface area contributed by atoms with E-state index in [9.17, 15) is 9.18 Å². The first kappa shape index (κ1) is 19.4. The lowest BCUT2D eigenvalue weighted by molar-refractivity contribution is 0.386. The zero-order valence-electron chi connectivity index (χ0n) is 14.7. The molecule has 2 aromatic rings. The van der Waals surface area contributed by atoms with E-state index in [1.165, 1.54) is 17.9 Å². The minimum atomic E-state index is -0.439. The quantitative estimate of drug-likeness (QED) is 0.787. The number of aromatic nitrogens is 2. The van der Waals surface area contributed by atoms with Crippen molar-refractivity contribution >= 4 is 12.4 Å². The molecule has 0 spiro atoms. The van der Waals surface area contributed by atoms with E-state index in [4.69, 9.17) is 4.74 Å². The minimum absolute atomic E-state index is 0. The van der Waals surface area contributed by atoms with Gasteiger partial charge in [-0.3, -0.25) is 4.79 Å². The third-order valence-corrected chi connectivity index (χ3v) is 4.11. The highest BCUT2D eigenvalue weighted by atomic mass is 35.5. The predicted molar refractivity (Wildman–Crippen MR) is 97.8 cm³/mol. The molecule has 25 heavy (non-hydrogen) atoms. The molecule has 1 aromatic heterocycles. The van der Waals surface area contributed by atoms with E-state index in [1.54, 1.807) is 18.2 Å². The summed E-state index contributed by atoms with van der Waals surface area (Å²) in [5, 5.41) is 4.47. The van der Waals surface area contributed by atoms with Gasteiger partial charge in [-0.15, -0.1) is 12.4 Å². The number of ether oxygens (including phenoxy) is 1. The van der Waals surface area contributed by atoms with Gasteiger partial charge in [-0.2, -0.15) is 5.10 Å². The van der Waals surface area contributed by atoms with Crippen LogP contribution in [-0.2, 0) is 13.1 Å². The summed E-state index contributed by atoms with van der Waals surface area (Å²) < 4.78 is 20.5. The van der Waals surface area contributed by atoms with Crippen LogP contribution in [0.4, 0.5) is 4.39 Å². The van der Waals surface area contributed by atoms with Gasteiger partial charge >= 0.3 is 0 Å². The molecule has 0 bridgehead atoms. The van der Waals surface area contributed by atoms with Crippen molar-refractivity contribution in [2.75, 3.05) is 21.2 Å². The standard InChI is InChI=1S/C18H22FN3O2.ClH/c1-21(2)11-14-9-16(13-6-7-17(24-3)15(19)8-13)20-22(18(14)23)10-12-4-5-12;/h6-9,12H,4-5,10-11H2,1-3H3;1H. The lowest BCUT2D eigenvalue weighted by Gasteiger charge is -2.14. The summed E-state index contributed by atoms with van der Waals surface area (Å²) in [6, 6.07) is 6.49. The van der Waals surface area contributed by atoms with Crippen molar-refractivity contribution in [2.24, 2.45) is 5.92 Å². The number of benzene rings is 1. The number of halogens is 2. The first-order valence-electron chi connectivity index (χ1n) is 8.07. The number of hydrogen-bond acceptors (Lipinski definition) is 4. The van der Waals surface area contributed by atoms with Crippen LogP contribution in [-0.4, -0.2) is 35.9 Å². The second-order valence-corrected chi connectivity index (χ2v) is 6.57. The van der Waals surface area contributed by atoms with Gasteiger partial charge in [0.05, 0.1) is 12.8 Å². The molecule has 1 aromatic carbocycles. The SMILES string of the molecule is COc1ccc(-c2cc(CN(C)C)c(=O)n(CC3CC3)n2)cc1F.Cl. The van der Waals surface area contributed by atoms with Crippen molar-refractivity contribution in [1.82, 2.24) is 14.7 Å². The van der Waals surface area contributed by atoms with Crippen molar-refractivity contribution in [3.8, 4) is 17.0 Å². The molecule has 1 fully saturated rings. The van der Waals surface area contributed by atoms with Crippen LogP contribution in [0, 0.1) is 11.7 Å². The van der Waals surface area contributed by atoms with Gasteiger partial charge in [0.15, 0.2) is 11.6 Å². The number of methoxy groups -OCH3 is 1. The van der Waals surface area contributed by atoms with E-state index in [0.29, 0.717) is 35.8 Å². The lowest BCUT2D eigenvalue weighted by Crippen LogP contribution is -2.30. The van der Waals surface area contributed by atoms with E-state index in [2.05, 4.69) is 5.10 Å². The monoisotopic (exact) mass is 367 g/mol. The molecule has 0 atom stereocenters. The summed E-state index contributed by atoms with van der Waals surface area (Å²) in [6.45, 7) is 1.16. The normalized spacial score (nSPS) is 13.6. The molecular formula is C18H23ClFN3O2. The molecule has 1 heterocycles. The Labute approximate surface area is 152 Å². The molecule has 0 saturated heterocycles. The summed E-state index contributed by atoms with van der Waals surface area (Å²) in [4.78, 5) is 14.5. The number of rotatable bonds is 6. The van der Waals surface area contributed by atoms with Crippen LogP contribution >= 0.6 is 12.4 Å². The molecule has 0 N–H and O–H groups in total. The average molecular weight is 368 g/mol. The van der Waals surface area contributed by atoms with Gasteiger partial charge in [0.1, 0.15) is 0 Å².